The molecule has 0 bridgehead atoms. The van der Waals surface area contributed by atoms with Gasteiger partial charge in [0.15, 0.2) is 0 Å². The van der Waals surface area contributed by atoms with Crippen LogP contribution in [-0.4, -0.2) is 122 Å². The van der Waals surface area contributed by atoms with Gasteiger partial charge in [-0.05, 0) is 6.92 Å². The zero-order chi connectivity index (χ0) is 21.9. The second kappa shape index (κ2) is 12.7. The minimum atomic E-state index is -0.193. The van der Waals surface area contributed by atoms with Crippen molar-refractivity contribution in [2.45, 2.75) is 13.3 Å². The molecule has 10 heteroatoms. The van der Waals surface area contributed by atoms with Crippen molar-refractivity contribution in [2.24, 2.45) is 0 Å². The Morgan fingerprint density at radius 2 is 1.61 bits per heavy atom. The zero-order valence-corrected chi connectivity index (χ0v) is 18.4. The molecular weight excluding hydrogens is 400 g/mol. The second-order valence-corrected chi connectivity index (χ2v) is 7.84. The topological polar surface area (TPSA) is 100 Å². The maximum absolute atomic E-state index is 13.0. The van der Waals surface area contributed by atoms with Gasteiger partial charge >= 0.3 is 0 Å². The number of nitrogens with one attached hydrogen (secondary N) is 1. The molecule has 0 radical (unpaired) electrons. The number of nitrogens with zero attached hydrogens (tertiary/aromatic N) is 5. The number of ether oxygens (including phenoxy) is 2. The van der Waals surface area contributed by atoms with Crippen LogP contribution in [0.3, 0.4) is 0 Å². The van der Waals surface area contributed by atoms with Gasteiger partial charge in [-0.3, -0.25) is 24.4 Å². The van der Waals surface area contributed by atoms with E-state index in [4.69, 9.17) is 9.47 Å². The van der Waals surface area contributed by atoms with E-state index in [-0.39, 0.29) is 18.2 Å². The molecule has 31 heavy (non-hydrogen) atoms. The van der Waals surface area contributed by atoms with Crippen molar-refractivity contribution in [1.82, 2.24) is 30.0 Å². The first-order chi connectivity index (χ1) is 15.1. The summed E-state index contributed by atoms with van der Waals surface area (Å²) in [6, 6.07) is 0. The molecule has 3 rings (SSSR count). The number of carbonyl (C=O) groups is 2. The first-order valence-electron chi connectivity index (χ1n) is 11.1. The Kier molecular flexibility index (Phi) is 9.60. The van der Waals surface area contributed by atoms with Gasteiger partial charge in [0.05, 0.1) is 38.3 Å². The van der Waals surface area contributed by atoms with Gasteiger partial charge in [-0.15, -0.1) is 0 Å². The Morgan fingerprint density at radius 3 is 2.23 bits per heavy atom. The fourth-order valence-electron chi connectivity index (χ4n) is 3.57. The molecule has 0 saturated carbocycles. The molecule has 2 amide bonds. The Hall–Kier alpha value is -2.14. The van der Waals surface area contributed by atoms with Gasteiger partial charge in [-0.2, -0.15) is 0 Å². The first kappa shape index (κ1) is 23.5. The van der Waals surface area contributed by atoms with Crippen molar-refractivity contribution >= 4 is 11.8 Å². The summed E-state index contributed by atoms with van der Waals surface area (Å²) < 4.78 is 10.7. The van der Waals surface area contributed by atoms with E-state index in [0.29, 0.717) is 38.5 Å². The van der Waals surface area contributed by atoms with Crippen LogP contribution in [0.15, 0.2) is 12.4 Å². The molecule has 3 heterocycles. The standard InChI is InChI=1S/C21H34N6O4/c1-18-16-24-19(17-23-18)21(29)27(7-6-26-10-14-31-15-11-26)4-2-20(28)22-3-5-25-8-12-30-13-9-25/h16-17H,2-15H2,1H3,(H,22,28). The number of aryl methyl sites for hydroxylation is 1. The third kappa shape index (κ3) is 8.13. The summed E-state index contributed by atoms with van der Waals surface area (Å²) in [5.74, 6) is -0.241. The van der Waals surface area contributed by atoms with Gasteiger partial charge in [-0.1, -0.05) is 0 Å². The predicted molar refractivity (Wildman–Crippen MR) is 115 cm³/mol. The average molecular weight is 435 g/mol. The summed E-state index contributed by atoms with van der Waals surface area (Å²) in [5, 5.41) is 2.96. The number of morpholine rings is 2. The lowest BCUT2D eigenvalue weighted by Crippen LogP contribution is -2.44. The Morgan fingerprint density at radius 1 is 0.968 bits per heavy atom. The summed E-state index contributed by atoms with van der Waals surface area (Å²) in [6.45, 7) is 11.3. The molecule has 0 aromatic carbocycles. The molecule has 0 spiro atoms. The van der Waals surface area contributed by atoms with E-state index in [9.17, 15) is 9.59 Å². The van der Waals surface area contributed by atoms with Gasteiger partial charge in [-0.25, -0.2) is 4.98 Å². The van der Waals surface area contributed by atoms with Crippen molar-refractivity contribution < 1.29 is 19.1 Å². The van der Waals surface area contributed by atoms with E-state index in [1.165, 1.54) is 6.20 Å². The van der Waals surface area contributed by atoms with Gasteiger partial charge in [0.2, 0.25) is 5.91 Å². The Balaban J connectivity index is 1.47. The number of rotatable bonds is 10. The summed E-state index contributed by atoms with van der Waals surface area (Å²) in [7, 11) is 0. The fraction of sp³-hybridized carbons (Fsp3) is 0.714. The van der Waals surface area contributed by atoms with Gasteiger partial charge in [0, 0.05) is 71.5 Å². The van der Waals surface area contributed by atoms with Gasteiger partial charge < -0.3 is 19.7 Å². The average Bonchev–Trinajstić information content (AvgIpc) is 2.80. The van der Waals surface area contributed by atoms with Crippen LogP contribution < -0.4 is 5.32 Å². The largest absolute Gasteiger partial charge is 0.379 e. The van der Waals surface area contributed by atoms with E-state index in [1.54, 1.807) is 11.1 Å². The number of hydrogen-bond acceptors (Lipinski definition) is 8. The summed E-state index contributed by atoms with van der Waals surface area (Å²) in [5.41, 5.74) is 1.07. The number of aromatic nitrogens is 2. The normalized spacial score (nSPS) is 18.0. The van der Waals surface area contributed by atoms with Crippen molar-refractivity contribution in [2.75, 3.05) is 85.3 Å². The lowest BCUT2D eigenvalue weighted by atomic mass is 10.3. The maximum atomic E-state index is 13.0. The summed E-state index contributed by atoms with van der Waals surface area (Å²) in [4.78, 5) is 40.0. The predicted octanol–water partition coefficient (Wildman–Crippen LogP) is -0.602. The molecule has 172 valence electrons. The van der Waals surface area contributed by atoms with E-state index in [2.05, 4.69) is 25.1 Å². The van der Waals surface area contributed by atoms with E-state index >= 15 is 0 Å². The quantitative estimate of drug-likeness (QED) is 0.521. The van der Waals surface area contributed by atoms with E-state index in [0.717, 1.165) is 58.2 Å². The lowest BCUT2D eigenvalue weighted by molar-refractivity contribution is -0.121. The van der Waals surface area contributed by atoms with Crippen LogP contribution >= 0.6 is 0 Å². The lowest BCUT2D eigenvalue weighted by Gasteiger charge is -2.30. The first-order valence-corrected chi connectivity index (χ1v) is 11.1. The molecule has 0 atom stereocenters. The molecule has 2 saturated heterocycles. The molecule has 1 aromatic heterocycles. The third-order valence-corrected chi connectivity index (χ3v) is 5.54. The number of amides is 2. The van der Waals surface area contributed by atoms with Crippen LogP contribution in [0.1, 0.15) is 22.6 Å². The van der Waals surface area contributed by atoms with Crippen LogP contribution in [0.2, 0.25) is 0 Å². The SMILES string of the molecule is Cc1cnc(C(=O)N(CCC(=O)NCCN2CCOCC2)CCN2CCOCC2)cn1. The number of carbonyl (C=O) groups excluding carboxylic acids is 2. The molecule has 2 aliphatic heterocycles. The smallest absolute Gasteiger partial charge is 0.274 e. The highest BCUT2D eigenvalue weighted by atomic mass is 16.5. The molecule has 10 nitrogen and oxygen atoms in total. The van der Waals surface area contributed by atoms with Crippen LogP contribution in [-0.2, 0) is 14.3 Å². The highest BCUT2D eigenvalue weighted by molar-refractivity contribution is 5.92. The van der Waals surface area contributed by atoms with E-state index < -0.39 is 0 Å². The molecule has 2 fully saturated rings. The number of hydrogen-bond donors (Lipinski definition) is 1. The highest BCUT2D eigenvalue weighted by Crippen LogP contribution is 2.05. The van der Waals surface area contributed by atoms with Crippen molar-refractivity contribution in [1.29, 1.82) is 0 Å². The fourth-order valence-corrected chi connectivity index (χ4v) is 3.57. The Labute approximate surface area is 183 Å². The van der Waals surface area contributed by atoms with Crippen LogP contribution in [0, 0.1) is 6.92 Å². The maximum Gasteiger partial charge on any atom is 0.274 e. The molecule has 1 N–H and O–H groups in total. The molecular formula is C21H34N6O4. The second-order valence-electron chi connectivity index (χ2n) is 7.84. The van der Waals surface area contributed by atoms with Crippen LogP contribution in [0.4, 0.5) is 0 Å². The Bertz CT molecular complexity index is 690. The minimum Gasteiger partial charge on any atom is -0.379 e. The molecule has 1 aromatic rings. The minimum absolute atomic E-state index is 0.0487. The van der Waals surface area contributed by atoms with Crippen molar-refractivity contribution in [3.8, 4) is 0 Å². The monoisotopic (exact) mass is 434 g/mol. The molecule has 2 aliphatic rings. The van der Waals surface area contributed by atoms with Crippen LogP contribution in [0.5, 0.6) is 0 Å². The summed E-state index contributed by atoms with van der Waals surface area (Å²) >= 11 is 0. The third-order valence-electron chi connectivity index (χ3n) is 5.54. The van der Waals surface area contributed by atoms with E-state index in [1.807, 2.05) is 6.92 Å². The highest BCUT2D eigenvalue weighted by Gasteiger charge is 2.20. The molecule has 0 unspecified atom stereocenters. The molecule has 0 aliphatic carbocycles. The van der Waals surface area contributed by atoms with Crippen LogP contribution in [0.25, 0.3) is 0 Å². The summed E-state index contributed by atoms with van der Waals surface area (Å²) in [6.07, 6.45) is 3.35. The van der Waals surface area contributed by atoms with Gasteiger partial charge in [0.1, 0.15) is 5.69 Å². The van der Waals surface area contributed by atoms with Gasteiger partial charge in [0.25, 0.3) is 5.91 Å². The zero-order valence-electron chi connectivity index (χ0n) is 18.4. The van der Waals surface area contributed by atoms with Crippen molar-refractivity contribution in [3.05, 3.63) is 23.8 Å². The van der Waals surface area contributed by atoms with Crippen molar-refractivity contribution in [3.63, 3.8) is 0 Å².